The van der Waals surface area contributed by atoms with Crippen molar-refractivity contribution < 1.29 is 0 Å². The van der Waals surface area contributed by atoms with Gasteiger partial charge in [0.25, 0.3) is 0 Å². The van der Waals surface area contributed by atoms with E-state index in [1.54, 1.807) is 0 Å². The number of nitrogens with zero attached hydrogens (tertiary/aromatic N) is 1. The molecule has 268 valence electrons. The van der Waals surface area contributed by atoms with Gasteiger partial charge < -0.3 is 4.90 Å². The topological polar surface area (TPSA) is 3.24 Å². The molecule has 0 bridgehead atoms. The summed E-state index contributed by atoms with van der Waals surface area (Å²) in [6.45, 7) is 0. The molecule has 0 radical (unpaired) electrons. The molecule has 0 fully saturated rings. The Balaban J connectivity index is 1.08. The highest BCUT2D eigenvalue weighted by Crippen LogP contribution is 2.44. The van der Waals surface area contributed by atoms with E-state index in [0.717, 1.165) is 17.1 Å². The number of rotatable bonds is 8. The molecule has 0 aromatic heterocycles. The molecule has 0 spiro atoms. The van der Waals surface area contributed by atoms with Gasteiger partial charge in [0, 0.05) is 16.9 Å². The van der Waals surface area contributed by atoms with Gasteiger partial charge in [-0.3, -0.25) is 0 Å². The number of anilines is 3. The summed E-state index contributed by atoms with van der Waals surface area (Å²) in [6.07, 6.45) is 0. The highest BCUT2D eigenvalue weighted by molar-refractivity contribution is 6.13. The smallest absolute Gasteiger partial charge is 0.0540 e. The van der Waals surface area contributed by atoms with Crippen LogP contribution >= 0.6 is 0 Å². The van der Waals surface area contributed by atoms with Crippen molar-refractivity contribution >= 4 is 38.6 Å². The highest BCUT2D eigenvalue weighted by Gasteiger charge is 2.19. The average molecular weight is 726 g/mol. The van der Waals surface area contributed by atoms with Crippen LogP contribution in [0.5, 0.6) is 0 Å². The Bertz CT molecular complexity index is 2970. The van der Waals surface area contributed by atoms with Crippen LogP contribution in [-0.4, -0.2) is 0 Å². The third-order valence-electron chi connectivity index (χ3n) is 11.1. The fourth-order valence-corrected chi connectivity index (χ4v) is 8.21. The van der Waals surface area contributed by atoms with Crippen molar-refractivity contribution in [3.05, 3.63) is 237 Å². The molecule has 0 saturated carbocycles. The van der Waals surface area contributed by atoms with Crippen LogP contribution in [0.25, 0.3) is 77.2 Å². The van der Waals surface area contributed by atoms with Crippen LogP contribution in [0.4, 0.5) is 17.1 Å². The van der Waals surface area contributed by atoms with Gasteiger partial charge in [-0.25, -0.2) is 0 Å². The Morgan fingerprint density at radius 1 is 0.228 bits per heavy atom. The minimum atomic E-state index is 1.09. The summed E-state index contributed by atoms with van der Waals surface area (Å²) in [5.41, 5.74) is 15.2. The van der Waals surface area contributed by atoms with E-state index >= 15 is 0 Å². The predicted molar refractivity (Wildman–Crippen MR) is 243 cm³/mol. The Morgan fingerprint density at radius 2 is 0.667 bits per heavy atom. The number of hydrogen-bond donors (Lipinski definition) is 0. The van der Waals surface area contributed by atoms with Crippen LogP contribution in [0, 0.1) is 0 Å². The molecule has 1 nitrogen and oxygen atoms in total. The second-order valence-electron chi connectivity index (χ2n) is 14.5. The maximum absolute atomic E-state index is 2.40. The molecule has 0 N–H and O–H groups in total. The zero-order valence-corrected chi connectivity index (χ0v) is 31.5. The molecule has 0 aliphatic heterocycles. The molecule has 0 saturated heterocycles. The summed E-state index contributed by atoms with van der Waals surface area (Å²) in [7, 11) is 0. The molecule has 10 aromatic carbocycles. The van der Waals surface area contributed by atoms with Crippen molar-refractivity contribution in [1.29, 1.82) is 0 Å². The van der Waals surface area contributed by atoms with Gasteiger partial charge in [-0.1, -0.05) is 188 Å². The Labute approximate surface area is 334 Å². The summed E-state index contributed by atoms with van der Waals surface area (Å²) in [5, 5.41) is 5.09. The van der Waals surface area contributed by atoms with Crippen LogP contribution in [0.2, 0.25) is 0 Å². The molecule has 57 heavy (non-hydrogen) atoms. The fraction of sp³-hybridized carbons (Fsp3) is 0. The van der Waals surface area contributed by atoms with Gasteiger partial charge in [0.2, 0.25) is 0 Å². The summed E-state index contributed by atoms with van der Waals surface area (Å²) < 4.78 is 0. The minimum Gasteiger partial charge on any atom is -0.310 e. The fourth-order valence-electron chi connectivity index (χ4n) is 8.21. The lowest BCUT2D eigenvalue weighted by molar-refractivity contribution is 1.28. The summed E-state index contributed by atoms with van der Waals surface area (Å²) >= 11 is 0. The SMILES string of the molecule is c1ccc(-c2ccc(N(c3ccc(-c4cccc(-c5cc6ccccc6c6ccccc56)c4)cc3)c3ccc(-c4ccccc4)cc3-c3ccccc3)cc2)cc1. The van der Waals surface area contributed by atoms with E-state index in [2.05, 4.69) is 241 Å². The molecule has 0 heterocycles. The molecule has 0 atom stereocenters. The lowest BCUT2D eigenvalue weighted by Crippen LogP contribution is -2.11. The van der Waals surface area contributed by atoms with Crippen molar-refractivity contribution in [3.8, 4) is 55.6 Å². The van der Waals surface area contributed by atoms with Crippen LogP contribution in [-0.2, 0) is 0 Å². The maximum atomic E-state index is 2.40. The molecule has 0 amide bonds. The normalized spacial score (nSPS) is 11.2. The molecule has 0 aliphatic carbocycles. The zero-order valence-electron chi connectivity index (χ0n) is 31.5. The Kier molecular flexibility index (Phi) is 8.95. The van der Waals surface area contributed by atoms with E-state index < -0.39 is 0 Å². The lowest BCUT2D eigenvalue weighted by Gasteiger charge is -2.29. The molecule has 0 aliphatic rings. The number of hydrogen-bond acceptors (Lipinski definition) is 1. The van der Waals surface area contributed by atoms with Crippen molar-refractivity contribution in [3.63, 3.8) is 0 Å². The van der Waals surface area contributed by atoms with E-state index in [0.29, 0.717) is 0 Å². The molecular formula is C56H39N. The Morgan fingerprint density at radius 3 is 1.32 bits per heavy atom. The zero-order chi connectivity index (χ0) is 38.0. The standard InChI is InChI=1S/C56H39N/c1-4-15-40(16-5-1)42-27-32-49(33-28-42)57(56-36-31-46(41-17-6-2-7-18-41)38-55(56)44-19-8-3-9-20-44)50-34-29-43(30-35-50)45-22-14-23-47(37-45)54-39-48-21-10-11-24-51(48)52-25-12-13-26-53(52)54/h1-39H. The molecule has 0 unspecified atom stereocenters. The second kappa shape index (κ2) is 15.0. The van der Waals surface area contributed by atoms with Crippen LogP contribution in [0.15, 0.2) is 237 Å². The first kappa shape index (κ1) is 34.0. The van der Waals surface area contributed by atoms with Gasteiger partial charge in [-0.05, 0) is 120 Å². The minimum absolute atomic E-state index is 1.09. The van der Waals surface area contributed by atoms with E-state index in [1.807, 2.05) is 0 Å². The monoisotopic (exact) mass is 725 g/mol. The van der Waals surface area contributed by atoms with Crippen molar-refractivity contribution in [2.45, 2.75) is 0 Å². The third-order valence-corrected chi connectivity index (χ3v) is 11.1. The van der Waals surface area contributed by atoms with Gasteiger partial charge in [0.15, 0.2) is 0 Å². The van der Waals surface area contributed by atoms with Gasteiger partial charge in [0.1, 0.15) is 0 Å². The second-order valence-corrected chi connectivity index (χ2v) is 14.5. The average Bonchev–Trinajstić information content (AvgIpc) is 3.30. The van der Waals surface area contributed by atoms with Gasteiger partial charge >= 0.3 is 0 Å². The quantitative estimate of drug-likeness (QED) is 0.141. The van der Waals surface area contributed by atoms with Gasteiger partial charge in [-0.2, -0.15) is 0 Å². The van der Waals surface area contributed by atoms with Crippen molar-refractivity contribution in [2.75, 3.05) is 4.90 Å². The van der Waals surface area contributed by atoms with Crippen LogP contribution < -0.4 is 4.90 Å². The first-order valence-electron chi connectivity index (χ1n) is 19.6. The van der Waals surface area contributed by atoms with Gasteiger partial charge in [0.05, 0.1) is 5.69 Å². The summed E-state index contributed by atoms with van der Waals surface area (Å²) in [5.74, 6) is 0. The van der Waals surface area contributed by atoms with E-state index in [9.17, 15) is 0 Å². The maximum Gasteiger partial charge on any atom is 0.0540 e. The number of fused-ring (bicyclic) bond motifs is 3. The van der Waals surface area contributed by atoms with E-state index in [1.165, 1.54) is 77.2 Å². The molecular weight excluding hydrogens is 687 g/mol. The first-order chi connectivity index (χ1) is 28.3. The number of benzene rings is 10. The lowest BCUT2D eigenvalue weighted by atomic mass is 9.92. The molecule has 10 rings (SSSR count). The third kappa shape index (κ3) is 6.66. The van der Waals surface area contributed by atoms with Crippen molar-refractivity contribution in [2.24, 2.45) is 0 Å². The predicted octanol–water partition coefficient (Wildman–Crippen LogP) is 15.8. The van der Waals surface area contributed by atoms with Crippen molar-refractivity contribution in [1.82, 2.24) is 0 Å². The largest absolute Gasteiger partial charge is 0.310 e. The van der Waals surface area contributed by atoms with Crippen LogP contribution in [0.1, 0.15) is 0 Å². The van der Waals surface area contributed by atoms with E-state index in [4.69, 9.17) is 0 Å². The molecule has 1 heteroatoms. The summed E-state index contributed by atoms with van der Waals surface area (Å²) in [6, 6.07) is 85.6. The van der Waals surface area contributed by atoms with E-state index in [-0.39, 0.29) is 0 Å². The van der Waals surface area contributed by atoms with Crippen LogP contribution in [0.3, 0.4) is 0 Å². The highest BCUT2D eigenvalue weighted by atomic mass is 15.1. The summed E-state index contributed by atoms with van der Waals surface area (Å²) in [4.78, 5) is 2.40. The van der Waals surface area contributed by atoms with Gasteiger partial charge in [-0.15, -0.1) is 0 Å². The first-order valence-corrected chi connectivity index (χ1v) is 19.6. The molecule has 10 aromatic rings. The Hall–Kier alpha value is -7.48.